The summed E-state index contributed by atoms with van der Waals surface area (Å²) in [6.07, 6.45) is 3.88. The summed E-state index contributed by atoms with van der Waals surface area (Å²) in [5.74, 6) is -0.253. The topological polar surface area (TPSA) is 61.4 Å². The lowest BCUT2D eigenvalue weighted by Gasteiger charge is -2.34. The number of nitrogens with zero attached hydrogens (tertiary/aromatic N) is 4. The van der Waals surface area contributed by atoms with Gasteiger partial charge in [-0.05, 0) is 24.5 Å². The maximum absolute atomic E-state index is 12.6. The Morgan fingerprint density at radius 3 is 2.66 bits per heavy atom. The number of aromatic nitrogens is 2. The van der Waals surface area contributed by atoms with E-state index in [0.717, 1.165) is 47.6 Å². The van der Waals surface area contributed by atoms with Gasteiger partial charge in [-0.1, -0.05) is 46.1 Å². The number of thiazole rings is 1. The maximum atomic E-state index is 12.6. The molecule has 1 aliphatic rings. The second-order valence-corrected chi connectivity index (χ2v) is 9.07. The van der Waals surface area contributed by atoms with Gasteiger partial charge in [-0.2, -0.15) is 0 Å². The number of anilines is 2. The number of hydrogen-bond donors (Lipinski definition) is 1. The number of pyridine rings is 1. The number of hydrogen-bond acceptors (Lipinski definition) is 7. The minimum Gasteiger partial charge on any atom is -0.368 e. The van der Waals surface area contributed by atoms with Crippen LogP contribution in [0.3, 0.4) is 0 Å². The molecule has 0 radical (unpaired) electrons. The minimum absolute atomic E-state index is 0.253. The van der Waals surface area contributed by atoms with E-state index in [0.29, 0.717) is 10.8 Å². The molecule has 1 amide bonds. The van der Waals surface area contributed by atoms with Gasteiger partial charge in [-0.3, -0.25) is 10.1 Å². The van der Waals surface area contributed by atoms with Crippen molar-refractivity contribution in [1.29, 1.82) is 0 Å². The number of benzene rings is 1. The van der Waals surface area contributed by atoms with Gasteiger partial charge in [-0.25, -0.2) is 14.3 Å². The van der Waals surface area contributed by atoms with Crippen LogP contribution in [0.1, 0.15) is 10.5 Å². The first-order valence-corrected chi connectivity index (χ1v) is 12.0. The third-order valence-electron chi connectivity index (χ3n) is 4.72. The lowest BCUT2D eigenvalue weighted by molar-refractivity contribution is 0.102. The molecular weight excluding hydrogens is 470 g/mol. The zero-order valence-electron chi connectivity index (χ0n) is 15.8. The van der Waals surface area contributed by atoms with Gasteiger partial charge in [0.25, 0.3) is 5.91 Å². The summed E-state index contributed by atoms with van der Waals surface area (Å²) >= 11 is 6.72. The predicted octanol–water partition coefficient (Wildman–Crippen LogP) is 4.62. The van der Waals surface area contributed by atoms with E-state index in [-0.39, 0.29) is 5.91 Å². The highest BCUT2D eigenvalue weighted by atomic mass is 79.9. The molecule has 3 aromatic rings. The molecule has 0 spiro atoms. The first-order valence-electron chi connectivity index (χ1n) is 9.16. The highest BCUT2D eigenvalue weighted by molar-refractivity contribution is 9.10. The fraction of sp³-hybridized carbons (Fsp3) is 0.250. The van der Waals surface area contributed by atoms with Gasteiger partial charge in [0.1, 0.15) is 5.69 Å². The second-order valence-electron chi connectivity index (χ2n) is 6.47. The van der Waals surface area contributed by atoms with Gasteiger partial charge in [0.2, 0.25) is 0 Å². The van der Waals surface area contributed by atoms with Crippen molar-refractivity contribution in [2.75, 3.05) is 42.7 Å². The van der Waals surface area contributed by atoms with Crippen LogP contribution in [0.25, 0.3) is 11.3 Å². The average molecular weight is 490 g/mol. The average Bonchev–Trinajstić information content (AvgIpc) is 3.22. The van der Waals surface area contributed by atoms with Crippen molar-refractivity contribution < 1.29 is 4.79 Å². The summed E-state index contributed by atoms with van der Waals surface area (Å²) in [7, 11) is 0. The van der Waals surface area contributed by atoms with Crippen LogP contribution < -0.4 is 10.2 Å². The number of carbonyl (C=O) groups is 1. The van der Waals surface area contributed by atoms with Crippen LogP contribution in [0.4, 0.5) is 10.8 Å². The van der Waals surface area contributed by atoms with Crippen molar-refractivity contribution >= 4 is 55.9 Å². The molecule has 29 heavy (non-hydrogen) atoms. The molecule has 1 N–H and O–H groups in total. The Bertz CT molecular complexity index is 987. The molecule has 4 rings (SSSR count). The van der Waals surface area contributed by atoms with E-state index in [1.54, 1.807) is 24.2 Å². The smallest absolute Gasteiger partial charge is 0.276 e. The second kappa shape index (κ2) is 9.25. The van der Waals surface area contributed by atoms with Crippen LogP contribution in [-0.4, -0.2) is 52.6 Å². The van der Waals surface area contributed by atoms with E-state index in [9.17, 15) is 4.79 Å². The van der Waals surface area contributed by atoms with Crippen molar-refractivity contribution in [3.05, 3.63) is 58.1 Å². The van der Waals surface area contributed by atoms with Crippen LogP contribution >= 0.6 is 39.2 Å². The van der Waals surface area contributed by atoms with Gasteiger partial charge in [0.15, 0.2) is 5.13 Å². The summed E-state index contributed by atoms with van der Waals surface area (Å²) in [6.45, 7) is 3.97. The first-order chi connectivity index (χ1) is 14.1. The van der Waals surface area contributed by atoms with E-state index in [1.807, 2.05) is 35.7 Å². The number of halogens is 1. The third-order valence-corrected chi connectivity index (χ3v) is 7.05. The molecule has 150 valence electrons. The number of nitrogens with one attached hydrogen (secondary N) is 1. The van der Waals surface area contributed by atoms with Gasteiger partial charge in [0, 0.05) is 41.6 Å². The van der Waals surface area contributed by atoms with Gasteiger partial charge in [0.05, 0.1) is 17.6 Å². The number of amides is 1. The molecule has 9 heteroatoms. The van der Waals surface area contributed by atoms with E-state index < -0.39 is 0 Å². The Labute approximate surface area is 186 Å². The Kier molecular flexibility index (Phi) is 6.49. The molecule has 0 aliphatic carbocycles. The normalized spacial score (nSPS) is 14.8. The van der Waals surface area contributed by atoms with E-state index >= 15 is 0 Å². The summed E-state index contributed by atoms with van der Waals surface area (Å²) in [4.78, 5) is 23.7. The summed E-state index contributed by atoms with van der Waals surface area (Å²) < 4.78 is 3.32. The summed E-state index contributed by atoms with van der Waals surface area (Å²) in [6, 6.07) is 11.6. The highest BCUT2D eigenvalue weighted by Crippen LogP contribution is 2.30. The first kappa shape index (κ1) is 20.3. The van der Waals surface area contributed by atoms with Crippen molar-refractivity contribution in [3.63, 3.8) is 0 Å². The zero-order valence-corrected chi connectivity index (χ0v) is 19.1. The molecule has 0 unspecified atom stereocenters. The quantitative estimate of drug-likeness (QED) is 0.527. The summed E-state index contributed by atoms with van der Waals surface area (Å²) in [5, 5.41) is 5.33. The van der Waals surface area contributed by atoms with Gasteiger partial charge >= 0.3 is 0 Å². The Morgan fingerprint density at radius 1 is 1.17 bits per heavy atom. The van der Waals surface area contributed by atoms with E-state index in [2.05, 4.69) is 46.7 Å². The maximum Gasteiger partial charge on any atom is 0.276 e. The highest BCUT2D eigenvalue weighted by Gasteiger charge is 2.18. The SMILES string of the molecule is CSN1CCN(c2ccc(C(=O)Nc3nc(-c4ccccc4Br)cs3)nc2)CC1. The van der Waals surface area contributed by atoms with Crippen LogP contribution in [0, 0.1) is 0 Å². The molecular formula is C20H20BrN5OS2. The van der Waals surface area contributed by atoms with Gasteiger partial charge in [-0.15, -0.1) is 11.3 Å². The standard InChI is InChI=1S/C20H20BrN5OS2/c1-28-26-10-8-25(9-11-26)14-6-7-17(22-12-14)19(27)24-20-23-18(13-29-20)15-4-2-3-5-16(15)21/h2-7,12-13H,8-11H2,1H3,(H,23,24,27). The van der Waals surface area contributed by atoms with Crippen LogP contribution in [0.15, 0.2) is 52.4 Å². The molecule has 0 bridgehead atoms. The molecule has 1 aromatic carbocycles. The molecule has 0 atom stereocenters. The van der Waals surface area contributed by atoms with Crippen molar-refractivity contribution in [3.8, 4) is 11.3 Å². The fourth-order valence-corrected chi connectivity index (χ4v) is 4.84. The van der Waals surface area contributed by atoms with Crippen molar-refractivity contribution in [2.24, 2.45) is 0 Å². The molecule has 2 aromatic heterocycles. The van der Waals surface area contributed by atoms with Crippen LogP contribution in [-0.2, 0) is 0 Å². The Hall–Kier alpha value is -1.94. The summed E-state index contributed by atoms with van der Waals surface area (Å²) in [5.41, 5.74) is 3.25. The van der Waals surface area contributed by atoms with Crippen LogP contribution in [0.5, 0.6) is 0 Å². The van der Waals surface area contributed by atoms with Crippen molar-refractivity contribution in [2.45, 2.75) is 0 Å². The number of carbonyl (C=O) groups excluding carboxylic acids is 1. The largest absolute Gasteiger partial charge is 0.368 e. The minimum atomic E-state index is -0.253. The van der Waals surface area contributed by atoms with Crippen molar-refractivity contribution in [1.82, 2.24) is 14.3 Å². The third kappa shape index (κ3) is 4.80. The predicted molar refractivity (Wildman–Crippen MR) is 125 cm³/mol. The van der Waals surface area contributed by atoms with Crippen LogP contribution in [0.2, 0.25) is 0 Å². The molecule has 1 saturated heterocycles. The zero-order chi connectivity index (χ0) is 20.2. The lowest BCUT2D eigenvalue weighted by atomic mass is 10.2. The molecule has 1 aliphatic heterocycles. The number of rotatable bonds is 5. The fourth-order valence-electron chi connectivity index (χ4n) is 3.12. The molecule has 3 heterocycles. The molecule has 1 fully saturated rings. The lowest BCUT2D eigenvalue weighted by Crippen LogP contribution is -2.43. The Morgan fingerprint density at radius 2 is 1.97 bits per heavy atom. The Balaban J connectivity index is 1.40. The molecule has 6 nitrogen and oxygen atoms in total. The van der Waals surface area contributed by atoms with E-state index in [4.69, 9.17) is 0 Å². The monoisotopic (exact) mass is 489 g/mol. The van der Waals surface area contributed by atoms with Gasteiger partial charge < -0.3 is 4.90 Å². The van der Waals surface area contributed by atoms with E-state index in [1.165, 1.54) is 11.3 Å². The molecule has 0 saturated carbocycles. The number of piperazine rings is 1.